The maximum atomic E-state index is 5.42. The van der Waals surface area contributed by atoms with Gasteiger partial charge >= 0.3 is 0 Å². The molecule has 0 spiro atoms. The van der Waals surface area contributed by atoms with Crippen molar-refractivity contribution in [2.75, 3.05) is 25.1 Å². The summed E-state index contributed by atoms with van der Waals surface area (Å²) >= 11 is 0. The van der Waals surface area contributed by atoms with Crippen molar-refractivity contribution in [1.29, 1.82) is 0 Å². The van der Waals surface area contributed by atoms with Crippen LogP contribution in [0.1, 0.15) is 18.4 Å². The highest BCUT2D eigenvalue weighted by atomic mass is 16.5. The van der Waals surface area contributed by atoms with E-state index in [1.807, 2.05) is 6.07 Å². The Bertz CT molecular complexity index is 1140. The summed E-state index contributed by atoms with van der Waals surface area (Å²) in [4.78, 5) is 11.8. The molecule has 0 aliphatic carbocycles. The molecule has 0 N–H and O–H groups in total. The fourth-order valence-electron chi connectivity index (χ4n) is 4.65. The molecule has 2 aromatic heterocycles. The summed E-state index contributed by atoms with van der Waals surface area (Å²) in [5, 5.41) is 1.12. The number of nitrogens with zero attached hydrogens (tertiary/aromatic N) is 4. The number of rotatable bonds is 4. The van der Waals surface area contributed by atoms with E-state index in [-0.39, 0.29) is 0 Å². The average Bonchev–Trinajstić information content (AvgIpc) is 3.07. The molecule has 0 bridgehead atoms. The number of hydrogen-bond acceptors (Lipinski definition) is 4. The van der Waals surface area contributed by atoms with Crippen molar-refractivity contribution in [3.8, 4) is 5.75 Å². The van der Waals surface area contributed by atoms with Crippen LogP contribution in [0.3, 0.4) is 0 Å². The minimum Gasteiger partial charge on any atom is -0.497 e. The number of benzene rings is 2. The first-order valence-corrected chi connectivity index (χ1v) is 10.3. The van der Waals surface area contributed by atoms with Gasteiger partial charge in [0.1, 0.15) is 23.1 Å². The zero-order valence-electron chi connectivity index (χ0n) is 17.0. The van der Waals surface area contributed by atoms with Crippen molar-refractivity contribution >= 4 is 27.8 Å². The number of ether oxygens (including phenoxy) is 1. The Labute approximate surface area is 170 Å². The molecule has 0 radical (unpaired) electrons. The largest absolute Gasteiger partial charge is 0.497 e. The van der Waals surface area contributed by atoms with E-state index in [2.05, 4.69) is 64.0 Å². The molecular formula is C24H26N4O. The summed E-state index contributed by atoms with van der Waals surface area (Å²) in [5.41, 5.74) is 4.70. The molecule has 5 heteroatoms. The summed E-state index contributed by atoms with van der Waals surface area (Å²) < 4.78 is 7.64. The second-order valence-corrected chi connectivity index (χ2v) is 7.96. The molecule has 4 aromatic rings. The van der Waals surface area contributed by atoms with Crippen molar-refractivity contribution < 1.29 is 4.74 Å². The fourth-order valence-corrected chi connectivity index (χ4v) is 4.65. The lowest BCUT2D eigenvalue weighted by Crippen LogP contribution is -2.35. The first-order valence-electron chi connectivity index (χ1n) is 10.3. The topological polar surface area (TPSA) is 43.2 Å². The molecule has 5 rings (SSSR count). The lowest BCUT2D eigenvalue weighted by atomic mass is 9.90. The Morgan fingerprint density at radius 3 is 2.59 bits per heavy atom. The number of fused-ring (bicyclic) bond motifs is 3. The van der Waals surface area contributed by atoms with Crippen LogP contribution in [0.25, 0.3) is 21.9 Å². The van der Waals surface area contributed by atoms with Gasteiger partial charge in [0.2, 0.25) is 0 Å². The number of anilines is 1. The first kappa shape index (κ1) is 18.0. The van der Waals surface area contributed by atoms with E-state index >= 15 is 0 Å². The summed E-state index contributed by atoms with van der Waals surface area (Å²) in [6.45, 7) is 2.07. The third-order valence-corrected chi connectivity index (χ3v) is 6.24. The first-order chi connectivity index (χ1) is 14.2. The standard InChI is InChI=1S/C24H26N4O/c1-27-21-9-8-19(29-2)15-20(21)22-23(27)24(26-16-25-22)28-12-10-18(11-13-28)14-17-6-4-3-5-7-17/h3-9,15-16,18H,10-14H2,1-2H3. The van der Waals surface area contributed by atoms with E-state index in [4.69, 9.17) is 9.72 Å². The predicted molar refractivity (Wildman–Crippen MR) is 118 cm³/mol. The quantitative estimate of drug-likeness (QED) is 0.515. The normalized spacial score (nSPS) is 15.3. The Hall–Kier alpha value is -3.08. The maximum Gasteiger partial charge on any atom is 0.156 e. The summed E-state index contributed by atoms with van der Waals surface area (Å²) in [7, 11) is 3.80. The number of aryl methyl sites for hydroxylation is 1. The van der Waals surface area contributed by atoms with Crippen LogP contribution in [0.15, 0.2) is 54.9 Å². The van der Waals surface area contributed by atoms with Crippen LogP contribution in [-0.2, 0) is 13.5 Å². The Kier molecular flexibility index (Phi) is 4.58. The van der Waals surface area contributed by atoms with Crippen molar-refractivity contribution in [2.24, 2.45) is 13.0 Å². The molecule has 1 fully saturated rings. The van der Waals surface area contributed by atoms with Crippen LogP contribution in [0, 0.1) is 5.92 Å². The highest BCUT2D eigenvalue weighted by molar-refractivity contribution is 6.09. The van der Waals surface area contributed by atoms with E-state index in [9.17, 15) is 0 Å². The number of hydrogen-bond donors (Lipinski definition) is 0. The minimum atomic E-state index is 0.739. The second kappa shape index (κ2) is 7.39. The molecule has 1 saturated heterocycles. The van der Waals surface area contributed by atoms with Crippen LogP contribution in [0.2, 0.25) is 0 Å². The SMILES string of the molecule is COc1ccc2c(c1)c1ncnc(N3CCC(Cc4ccccc4)CC3)c1n2C. The van der Waals surface area contributed by atoms with Gasteiger partial charge in [0.25, 0.3) is 0 Å². The zero-order chi connectivity index (χ0) is 19.8. The third kappa shape index (κ3) is 3.20. The van der Waals surface area contributed by atoms with Gasteiger partial charge in [-0.2, -0.15) is 0 Å². The van der Waals surface area contributed by atoms with Crippen LogP contribution in [-0.4, -0.2) is 34.7 Å². The monoisotopic (exact) mass is 386 g/mol. The predicted octanol–water partition coefficient (Wildman–Crippen LogP) is 4.59. The number of methoxy groups -OCH3 is 1. The summed E-state index contributed by atoms with van der Waals surface area (Å²) in [5.74, 6) is 2.64. The maximum absolute atomic E-state index is 5.42. The van der Waals surface area contributed by atoms with Gasteiger partial charge in [0.05, 0.1) is 12.6 Å². The van der Waals surface area contributed by atoms with Gasteiger partial charge in [-0.3, -0.25) is 0 Å². The van der Waals surface area contributed by atoms with Gasteiger partial charge in [0.15, 0.2) is 5.82 Å². The molecule has 29 heavy (non-hydrogen) atoms. The Morgan fingerprint density at radius 2 is 1.83 bits per heavy atom. The van der Waals surface area contributed by atoms with Crippen LogP contribution in [0.5, 0.6) is 5.75 Å². The van der Waals surface area contributed by atoms with E-state index in [0.717, 1.165) is 52.5 Å². The fraction of sp³-hybridized carbons (Fsp3) is 0.333. The van der Waals surface area contributed by atoms with E-state index in [1.54, 1.807) is 13.4 Å². The average molecular weight is 386 g/mol. The van der Waals surface area contributed by atoms with Gasteiger partial charge in [-0.05, 0) is 48.9 Å². The van der Waals surface area contributed by atoms with Crippen LogP contribution < -0.4 is 9.64 Å². The number of aromatic nitrogens is 3. The van der Waals surface area contributed by atoms with E-state index in [0.29, 0.717) is 0 Å². The van der Waals surface area contributed by atoms with E-state index < -0.39 is 0 Å². The lowest BCUT2D eigenvalue weighted by molar-refractivity contribution is 0.402. The molecule has 0 saturated carbocycles. The number of piperidine rings is 1. The van der Waals surface area contributed by atoms with Gasteiger partial charge in [-0.25, -0.2) is 9.97 Å². The molecule has 0 unspecified atom stereocenters. The molecule has 148 valence electrons. The van der Waals surface area contributed by atoms with Crippen LogP contribution >= 0.6 is 0 Å². The van der Waals surface area contributed by atoms with Crippen molar-refractivity contribution in [2.45, 2.75) is 19.3 Å². The van der Waals surface area contributed by atoms with Gasteiger partial charge in [0, 0.05) is 25.5 Å². The molecular weight excluding hydrogens is 360 g/mol. The highest BCUT2D eigenvalue weighted by Crippen LogP contribution is 2.35. The third-order valence-electron chi connectivity index (χ3n) is 6.24. The van der Waals surface area contributed by atoms with Gasteiger partial charge < -0.3 is 14.2 Å². The Morgan fingerprint density at radius 1 is 1.03 bits per heavy atom. The lowest BCUT2D eigenvalue weighted by Gasteiger charge is -2.33. The minimum absolute atomic E-state index is 0.739. The summed E-state index contributed by atoms with van der Waals surface area (Å²) in [6.07, 6.45) is 5.25. The molecule has 2 aromatic carbocycles. The summed E-state index contributed by atoms with van der Waals surface area (Å²) in [6, 6.07) is 17.0. The van der Waals surface area contributed by atoms with E-state index in [1.165, 1.54) is 24.8 Å². The molecule has 0 atom stereocenters. The van der Waals surface area contributed by atoms with Crippen molar-refractivity contribution in [1.82, 2.24) is 14.5 Å². The van der Waals surface area contributed by atoms with Crippen LogP contribution in [0.4, 0.5) is 5.82 Å². The van der Waals surface area contributed by atoms with Crippen molar-refractivity contribution in [3.05, 3.63) is 60.4 Å². The van der Waals surface area contributed by atoms with Crippen molar-refractivity contribution in [3.63, 3.8) is 0 Å². The van der Waals surface area contributed by atoms with Gasteiger partial charge in [-0.1, -0.05) is 30.3 Å². The smallest absolute Gasteiger partial charge is 0.156 e. The second-order valence-electron chi connectivity index (χ2n) is 7.96. The molecule has 1 aliphatic heterocycles. The Balaban J connectivity index is 1.44. The molecule has 5 nitrogen and oxygen atoms in total. The molecule has 0 amide bonds. The highest BCUT2D eigenvalue weighted by Gasteiger charge is 2.24. The zero-order valence-corrected chi connectivity index (χ0v) is 17.0. The molecule has 3 heterocycles. The molecule has 1 aliphatic rings. The van der Waals surface area contributed by atoms with Gasteiger partial charge in [-0.15, -0.1) is 0 Å².